The first-order chi connectivity index (χ1) is 18.3. The molecule has 2 N–H and O–H groups in total. The lowest BCUT2D eigenvalue weighted by molar-refractivity contribution is -0.141. The van der Waals surface area contributed by atoms with Crippen LogP contribution in [0.4, 0.5) is 0 Å². The zero-order valence-corrected chi connectivity index (χ0v) is 21.6. The summed E-state index contributed by atoms with van der Waals surface area (Å²) in [5.74, 6) is 1.35. The lowest BCUT2D eigenvalue weighted by Gasteiger charge is -2.27. The van der Waals surface area contributed by atoms with E-state index in [1.807, 2.05) is 48.5 Å². The fraction of sp³-hybridized carbons (Fsp3) is 0.226. The van der Waals surface area contributed by atoms with Crippen molar-refractivity contribution >= 4 is 5.97 Å². The molecule has 0 aliphatic carbocycles. The second-order valence-electron chi connectivity index (χ2n) is 9.20. The number of nitrogens with two attached hydrogens (primary N) is 1. The number of benzene rings is 3. The largest absolute Gasteiger partial charge is 0.490 e. The molecule has 0 aromatic heterocycles. The van der Waals surface area contributed by atoms with E-state index in [1.54, 1.807) is 31.2 Å². The molecule has 2 unspecified atom stereocenters. The Kier molecular flexibility index (Phi) is 8.03. The van der Waals surface area contributed by atoms with E-state index in [0.717, 1.165) is 11.1 Å². The van der Waals surface area contributed by atoms with Gasteiger partial charge in [0.25, 0.3) is 0 Å². The van der Waals surface area contributed by atoms with Gasteiger partial charge in [-0.15, -0.1) is 0 Å². The van der Waals surface area contributed by atoms with E-state index < -0.39 is 18.0 Å². The highest BCUT2D eigenvalue weighted by Gasteiger charge is 2.31. The highest BCUT2D eigenvalue weighted by atomic mass is 16.6. The molecule has 7 nitrogen and oxygen atoms in total. The van der Waals surface area contributed by atoms with Crippen LogP contribution in [0.25, 0.3) is 0 Å². The molecule has 0 saturated carbocycles. The summed E-state index contributed by atoms with van der Waals surface area (Å²) in [6.07, 6.45) is 0.836. The molecule has 0 radical (unpaired) electrons. The zero-order valence-electron chi connectivity index (χ0n) is 21.6. The van der Waals surface area contributed by atoms with Gasteiger partial charge in [-0.05, 0) is 54.3 Å². The molecule has 0 amide bonds. The molecule has 0 saturated heterocycles. The van der Waals surface area contributed by atoms with Gasteiger partial charge in [-0.1, -0.05) is 56.8 Å². The number of allylic oxidation sites excluding steroid dienone is 1. The van der Waals surface area contributed by atoms with Crippen molar-refractivity contribution in [2.75, 3.05) is 6.61 Å². The number of fused-ring (bicyclic) bond motifs is 1. The minimum atomic E-state index is -0.832. The maximum absolute atomic E-state index is 12.7. The number of hydrogen-bond acceptors (Lipinski definition) is 7. The third kappa shape index (κ3) is 5.81. The van der Waals surface area contributed by atoms with Crippen molar-refractivity contribution in [2.24, 2.45) is 5.73 Å². The van der Waals surface area contributed by atoms with E-state index in [4.69, 9.17) is 24.7 Å². The van der Waals surface area contributed by atoms with Gasteiger partial charge >= 0.3 is 5.97 Å². The van der Waals surface area contributed by atoms with Gasteiger partial charge in [-0.3, -0.25) is 0 Å². The van der Waals surface area contributed by atoms with Crippen LogP contribution in [0, 0.1) is 11.3 Å². The number of rotatable bonds is 9. The third-order valence-corrected chi connectivity index (χ3v) is 6.18. The van der Waals surface area contributed by atoms with Crippen molar-refractivity contribution in [1.82, 2.24) is 0 Å². The van der Waals surface area contributed by atoms with Crippen molar-refractivity contribution in [3.05, 3.63) is 108 Å². The van der Waals surface area contributed by atoms with Crippen LogP contribution in [0.2, 0.25) is 0 Å². The molecule has 194 valence electrons. The molecule has 1 aliphatic rings. The van der Waals surface area contributed by atoms with Crippen LogP contribution < -0.4 is 24.7 Å². The Bertz CT molecular complexity index is 1390. The van der Waals surface area contributed by atoms with Crippen LogP contribution in [-0.4, -0.2) is 18.7 Å². The maximum atomic E-state index is 12.7. The molecule has 38 heavy (non-hydrogen) atoms. The normalized spacial score (nSPS) is 15.1. The predicted molar refractivity (Wildman–Crippen MR) is 144 cm³/mol. The van der Waals surface area contributed by atoms with E-state index in [2.05, 4.69) is 26.5 Å². The number of ether oxygens (including phenoxy) is 4. The van der Waals surface area contributed by atoms with Crippen molar-refractivity contribution in [3.8, 4) is 29.1 Å². The molecule has 7 heteroatoms. The first kappa shape index (κ1) is 26.4. The van der Waals surface area contributed by atoms with E-state index in [-0.39, 0.29) is 11.6 Å². The van der Waals surface area contributed by atoms with Gasteiger partial charge in [0.2, 0.25) is 5.88 Å². The Morgan fingerprint density at radius 3 is 2.34 bits per heavy atom. The summed E-state index contributed by atoms with van der Waals surface area (Å²) in [4.78, 5) is 12.7. The van der Waals surface area contributed by atoms with Crippen LogP contribution in [0.15, 0.2) is 90.8 Å². The summed E-state index contributed by atoms with van der Waals surface area (Å²) in [6, 6.07) is 22.2. The van der Waals surface area contributed by atoms with Crippen LogP contribution in [-0.2, 0) is 4.79 Å². The molecule has 3 aromatic carbocycles. The van der Waals surface area contributed by atoms with Crippen molar-refractivity contribution in [2.45, 2.75) is 38.7 Å². The number of nitrogens with zero attached hydrogens (tertiary/aromatic N) is 1. The third-order valence-electron chi connectivity index (χ3n) is 6.18. The monoisotopic (exact) mass is 510 g/mol. The van der Waals surface area contributed by atoms with Crippen LogP contribution in [0.3, 0.4) is 0 Å². The van der Waals surface area contributed by atoms with Gasteiger partial charge in [0, 0.05) is 11.6 Å². The van der Waals surface area contributed by atoms with Crippen LogP contribution in [0.5, 0.6) is 23.0 Å². The Morgan fingerprint density at radius 1 is 1.05 bits per heavy atom. The van der Waals surface area contributed by atoms with E-state index >= 15 is 0 Å². The predicted octanol–water partition coefficient (Wildman–Crippen LogP) is 5.97. The smallest absolute Gasteiger partial charge is 0.352 e. The Hall–Kier alpha value is -4.70. The van der Waals surface area contributed by atoms with Crippen molar-refractivity contribution < 1.29 is 23.7 Å². The zero-order chi connectivity index (χ0) is 27.2. The topological polar surface area (TPSA) is 104 Å². The number of carbonyl (C=O) groups is 1. The fourth-order valence-corrected chi connectivity index (χ4v) is 4.14. The summed E-state index contributed by atoms with van der Waals surface area (Å²) < 4.78 is 22.6. The minimum absolute atomic E-state index is 0.00186. The highest BCUT2D eigenvalue weighted by molar-refractivity contribution is 5.77. The van der Waals surface area contributed by atoms with Gasteiger partial charge in [-0.2, -0.15) is 5.26 Å². The highest BCUT2D eigenvalue weighted by Crippen LogP contribution is 2.43. The Balaban J connectivity index is 1.51. The summed E-state index contributed by atoms with van der Waals surface area (Å²) >= 11 is 0. The van der Waals surface area contributed by atoms with Crippen molar-refractivity contribution in [1.29, 1.82) is 5.26 Å². The lowest BCUT2D eigenvalue weighted by Crippen LogP contribution is -2.28. The molecular weight excluding hydrogens is 480 g/mol. The van der Waals surface area contributed by atoms with E-state index in [0.29, 0.717) is 35.3 Å². The Labute approximate surface area is 222 Å². The van der Waals surface area contributed by atoms with Crippen molar-refractivity contribution in [3.63, 3.8) is 0 Å². The van der Waals surface area contributed by atoms with Crippen LogP contribution >= 0.6 is 0 Å². The first-order valence-corrected chi connectivity index (χ1v) is 12.3. The minimum Gasteiger partial charge on any atom is -0.490 e. The van der Waals surface area contributed by atoms with Gasteiger partial charge in [-0.25, -0.2) is 4.79 Å². The Morgan fingerprint density at radius 2 is 1.71 bits per heavy atom. The van der Waals surface area contributed by atoms with Gasteiger partial charge in [0.15, 0.2) is 6.10 Å². The quantitative estimate of drug-likeness (QED) is 0.215. The maximum Gasteiger partial charge on any atom is 0.352 e. The molecule has 0 fully saturated rings. The average molecular weight is 511 g/mol. The number of nitriles is 1. The second kappa shape index (κ2) is 11.6. The molecule has 0 bridgehead atoms. The summed E-state index contributed by atoms with van der Waals surface area (Å²) in [5.41, 5.74) is 9.17. The van der Waals surface area contributed by atoms with E-state index in [9.17, 15) is 10.1 Å². The number of carbonyl (C=O) groups excluding carboxylic acids is 1. The number of esters is 1. The second-order valence-corrected chi connectivity index (χ2v) is 9.20. The number of hydrogen-bond donors (Lipinski definition) is 1. The summed E-state index contributed by atoms with van der Waals surface area (Å²) in [7, 11) is 0. The lowest BCUT2D eigenvalue weighted by atomic mass is 9.83. The molecule has 1 aliphatic heterocycles. The first-order valence-electron chi connectivity index (χ1n) is 12.3. The fourth-order valence-electron chi connectivity index (χ4n) is 4.14. The van der Waals surface area contributed by atoms with Gasteiger partial charge in [0.05, 0.1) is 5.92 Å². The molecule has 3 aromatic rings. The molecule has 4 rings (SSSR count). The SMILES string of the molecule is C=CCOc1ccc(C2C(C#N)=C(N)Oc3cc(OC(=O)C(C)Oc4ccc(C(C)C)cc4)ccc32)cc1. The average Bonchev–Trinajstić information content (AvgIpc) is 2.91. The summed E-state index contributed by atoms with van der Waals surface area (Å²) in [5, 5.41) is 9.80. The van der Waals surface area contributed by atoms with Crippen LogP contribution in [0.1, 0.15) is 49.3 Å². The van der Waals surface area contributed by atoms with E-state index in [1.165, 1.54) is 5.56 Å². The standard InChI is InChI=1S/C31H30N2O5/c1-5-16-35-23-10-8-22(9-11-23)29-26-15-14-25(17-28(26)38-30(33)27(29)18-32)37-31(34)20(4)36-24-12-6-21(7-13-24)19(2)3/h5-15,17,19-20,29H,1,16,33H2,2-4H3. The van der Waals surface area contributed by atoms with Gasteiger partial charge in [0.1, 0.15) is 41.2 Å². The molecule has 1 heterocycles. The van der Waals surface area contributed by atoms with Gasteiger partial charge < -0.3 is 24.7 Å². The molecule has 2 atom stereocenters. The summed E-state index contributed by atoms with van der Waals surface area (Å²) in [6.45, 7) is 9.90. The molecule has 0 spiro atoms. The molecular formula is C31H30N2O5.